The monoisotopic (exact) mass is 280 g/mol. The van der Waals surface area contributed by atoms with E-state index in [1.807, 2.05) is 0 Å². The Morgan fingerprint density at radius 2 is 2.00 bits per heavy atom. The van der Waals surface area contributed by atoms with Crippen molar-refractivity contribution in [3.05, 3.63) is 29.8 Å². The molecule has 0 spiro atoms. The number of amides is 1. The average molecular weight is 280 g/mol. The highest BCUT2D eigenvalue weighted by Gasteiger charge is 2.12. The zero-order chi connectivity index (χ0) is 14.4. The summed E-state index contributed by atoms with van der Waals surface area (Å²) < 4.78 is 4.62. The number of nitrogens with one attached hydrogen (secondary N) is 1. The standard InChI is InChI=1S/C13H16N2O3S/c1-9(13(17)18-3)14-11-6-4-10(5-7-11)12(19)15(2)8-16/h4-9,14H,1-3H3/t9-/m0/s1. The van der Waals surface area contributed by atoms with Crippen LogP contribution in [0.4, 0.5) is 5.69 Å². The predicted molar refractivity (Wildman–Crippen MR) is 77.1 cm³/mol. The number of hydrogen-bond donors (Lipinski definition) is 1. The van der Waals surface area contributed by atoms with Gasteiger partial charge in [-0.2, -0.15) is 0 Å². The van der Waals surface area contributed by atoms with Crippen molar-refractivity contribution in [1.82, 2.24) is 4.90 Å². The molecule has 1 rings (SSSR count). The fourth-order valence-electron chi connectivity index (χ4n) is 1.45. The van der Waals surface area contributed by atoms with Crippen molar-refractivity contribution < 1.29 is 14.3 Å². The van der Waals surface area contributed by atoms with Crippen LogP contribution in [0, 0.1) is 0 Å². The summed E-state index contributed by atoms with van der Waals surface area (Å²) in [6.07, 6.45) is 0.661. The SMILES string of the molecule is COC(=O)[C@H](C)Nc1ccc(C(=S)N(C)C=O)cc1. The van der Waals surface area contributed by atoms with Crippen LogP contribution in [-0.4, -0.2) is 42.5 Å². The summed E-state index contributed by atoms with van der Waals surface area (Å²) in [5.41, 5.74) is 1.54. The van der Waals surface area contributed by atoms with Crippen molar-refractivity contribution in [2.24, 2.45) is 0 Å². The lowest BCUT2D eigenvalue weighted by molar-refractivity contribution is -0.141. The molecule has 19 heavy (non-hydrogen) atoms. The first-order valence-electron chi connectivity index (χ1n) is 5.66. The van der Waals surface area contributed by atoms with Gasteiger partial charge in [0.05, 0.1) is 7.11 Å². The van der Waals surface area contributed by atoms with Crippen LogP contribution in [0.25, 0.3) is 0 Å². The quantitative estimate of drug-likeness (QED) is 0.502. The number of carbonyl (C=O) groups is 2. The highest BCUT2D eigenvalue weighted by Crippen LogP contribution is 2.12. The van der Waals surface area contributed by atoms with E-state index in [-0.39, 0.29) is 5.97 Å². The van der Waals surface area contributed by atoms with Crippen LogP contribution < -0.4 is 5.32 Å². The van der Waals surface area contributed by atoms with Crippen LogP contribution >= 0.6 is 12.2 Å². The third kappa shape index (κ3) is 4.03. The summed E-state index contributed by atoms with van der Waals surface area (Å²) in [6, 6.07) is 6.73. The van der Waals surface area contributed by atoms with Crippen LogP contribution in [0.3, 0.4) is 0 Å². The first kappa shape index (κ1) is 15.1. The fourth-order valence-corrected chi connectivity index (χ4v) is 1.63. The van der Waals surface area contributed by atoms with Crippen molar-refractivity contribution >= 4 is 35.3 Å². The maximum Gasteiger partial charge on any atom is 0.327 e. The second-order valence-electron chi connectivity index (χ2n) is 3.99. The third-order valence-corrected chi connectivity index (χ3v) is 3.07. The lowest BCUT2D eigenvalue weighted by Crippen LogP contribution is -2.27. The summed E-state index contributed by atoms with van der Waals surface area (Å²) in [7, 11) is 2.94. The van der Waals surface area contributed by atoms with Gasteiger partial charge < -0.3 is 15.0 Å². The van der Waals surface area contributed by atoms with E-state index in [0.717, 1.165) is 11.3 Å². The molecule has 5 nitrogen and oxygen atoms in total. The van der Waals surface area contributed by atoms with Crippen LogP contribution in [0.1, 0.15) is 12.5 Å². The Morgan fingerprint density at radius 1 is 1.42 bits per heavy atom. The van der Waals surface area contributed by atoms with Crippen molar-refractivity contribution in [2.75, 3.05) is 19.5 Å². The molecule has 0 radical (unpaired) electrons. The Balaban J connectivity index is 2.74. The van der Waals surface area contributed by atoms with Gasteiger partial charge in [-0.3, -0.25) is 4.79 Å². The molecule has 0 aliphatic carbocycles. The Morgan fingerprint density at radius 3 is 2.47 bits per heavy atom. The van der Waals surface area contributed by atoms with Crippen molar-refractivity contribution in [3.8, 4) is 0 Å². The molecule has 0 aliphatic heterocycles. The fraction of sp³-hybridized carbons (Fsp3) is 0.308. The normalized spacial score (nSPS) is 11.3. The molecule has 1 aromatic carbocycles. The molecule has 1 atom stereocenters. The molecule has 1 N–H and O–H groups in total. The summed E-state index contributed by atoms with van der Waals surface area (Å²) in [5, 5.41) is 3.00. The number of carbonyl (C=O) groups excluding carboxylic acids is 2. The van der Waals surface area contributed by atoms with Gasteiger partial charge in [0.1, 0.15) is 11.0 Å². The summed E-state index contributed by atoms with van der Waals surface area (Å²) in [5.74, 6) is -0.333. The summed E-state index contributed by atoms with van der Waals surface area (Å²) in [6.45, 7) is 1.71. The molecule has 0 aliphatic rings. The molecule has 6 heteroatoms. The minimum Gasteiger partial charge on any atom is -0.467 e. The Labute approximate surface area is 117 Å². The van der Waals surface area contributed by atoms with Crippen molar-refractivity contribution in [3.63, 3.8) is 0 Å². The van der Waals surface area contributed by atoms with Crippen LogP contribution in [-0.2, 0) is 14.3 Å². The van der Waals surface area contributed by atoms with E-state index in [2.05, 4.69) is 10.1 Å². The lowest BCUT2D eigenvalue weighted by Gasteiger charge is -2.15. The van der Waals surface area contributed by atoms with E-state index in [0.29, 0.717) is 11.4 Å². The molecule has 102 valence electrons. The predicted octanol–water partition coefficient (Wildman–Crippen LogP) is 1.42. The molecule has 0 aromatic heterocycles. The molecule has 0 unspecified atom stereocenters. The Hall–Kier alpha value is -1.95. The number of benzene rings is 1. The smallest absolute Gasteiger partial charge is 0.327 e. The number of nitrogens with zero attached hydrogens (tertiary/aromatic N) is 1. The minimum atomic E-state index is -0.430. The number of rotatable bonds is 5. The van der Waals surface area contributed by atoms with Crippen molar-refractivity contribution in [1.29, 1.82) is 0 Å². The molecule has 0 heterocycles. The second kappa shape index (κ2) is 6.84. The molecule has 0 bridgehead atoms. The van der Waals surface area contributed by atoms with E-state index in [1.165, 1.54) is 12.0 Å². The number of methoxy groups -OCH3 is 1. The van der Waals surface area contributed by atoms with Gasteiger partial charge in [0.25, 0.3) is 0 Å². The van der Waals surface area contributed by atoms with Gasteiger partial charge >= 0.3 is 5.97 Å². The minimum absolute atomic E-state index is 0.333. The van der Waals surface area contributed by atoms with E-state index < -0.39 is 6.04 Å². The van der Waals surface area contributed by atoms with Gasteiger partial charge in [-0.15, -0.1) is 0 Å². The molecular formula is C13H16N2O3S. The summed E-state index contributed by atoms with van der Waals surface area (Å²) >= 11 is 5.13. The van der Waals surface area contributed by atoms with E-state index in [9.17, 15) is 9.59 Å². The number of thiocarbonyl (C=S) groups is 1. The van der Waals surface area contributed by atoms with E-state index >= 15 is 0 Å². The Bertz CT molecular complexity index is 473. The highest BCUT2D eigenvalue weighted by atomic mass is 32.1. The van der Waals surface area contributed by atoms with Crippen LogP contribution in [0.15, 0.2) is 24.3 Å². The topological polar surface area (TPSA) is 58.6 Å². The largest absolute Gasteiger partial charge is 0.467 e. The molecule has 0 saturated carbocycles. The first-order valence-corrected chi connectivity index (χ1v) is 6.07. The van der Waals surface area contributed by atoms with Gasteiger partial charge in [0, 0.05) is 18.3 Å². The lowest BCUT2D eigenvalue weighted by atomic mass is 10.2. The summed E-state index contributed by atoms with van der Waals surface area (Å²) in [4.78, 5) is 23.7. The van der Waals surface area contributed by atoms with E-state index in [4.69, 9.17) is 12.2 Å². The molecular weight excluding hydrogens is 264 g/mol. The van der Waals surface area contributed by atoms with Crippen LogP contribution in [0.2, 0.25) is 0 Å². The zero-order valence-electron chi connectivity index (χ0n) is 11.0. The molecule has 0 fully saturated rings. The molecule has 0 saturated heterocycles. The van der Waals surface area contributed by atoms with Gasteiger partial charge in [-0.25, -0.2) is 4.79 Å². The maximum absolute atomic E-state index is 11.3. The maximum atomic E-state index is 11.3. The zero-order valence-corrected chi connectivity index (χ0v) is 11.9. The third-order valence-electron chi connectivity index (χ3n) is 2.55. The number of anilines is 1. The van der Waals surface area contributed by atoms with Crippen molar-refractivity contribution in [2.45, 2.75) is 13.0 Å². The van der Waals surface area contributed by atoms with Gasteiger partial charge in [-0.1, -0.05) is 12.2 Å². The van der Waals surface area contributed by atoms with E-state index in [1.54, 1.807) is 38.2 Å². The van der Waals surface area contributed by atoms with Gasteiger partial charge in [0.2, 0.25) is 6.41 Å². The first-order chi connectivity index (χ1) is 8.99. The van der Waals surface area contributed by atoms with Gasteiger partial charge in [0.15, 0.2) is 0 Å². The van der Waals surface area contributed by atoms with Gasteiger partial charge in [-0.05, 0) is 31.2 Å². The number of ether oxygens (including phenoxy) is 1. The number of hydrogen-bond acceptors (Lipinski definition) is 5. The molecule has 1 aromatic rings. The molecule has 1 amide bonds. The Kier molecular flexibility index (Phi) is 5.44. The highest BCUT2D eigenvalue weighted by molar-refractivity contribution is 7.80. The number of esters is 1. The van der Waals surface area contributed by atoms with Crippen LogP contribution in [0.5, 0.6) is 0 Å². The average Bonchev–Trinajstić information content (AvgIpc) is 2.45. The second-order valence-corrected chi connectivity index (χ2v) is 4.37.